The van der Waals surface area contributed by atoms with E-state index >= 15 is 0 Å². The first kappa shape index (κ1) is 16.8. The maximum absolute atomic E-state index is 12.3. The summed E-state index contributed by atoms with van der Waals surface area (Å²) in [5.74, 6) is -0.951. The summed E-state index contributed by atoms with van der Waals surface area (Å²) in [4.78, 5) is 26.3. The predicted molar refractivity (Wildman–Crippen MR) is 75.7 cm³/mol. The summed E-state index contributed by atoms with van der Waals surface area (Å²) in [5, 5.41) is 8.57. The molecule has 116 valence electrons. The van der Waals surface area contributed by atoms with Gasteiger partial charge in [0.25, 0.3) is 0 Å². The number of likely N-dealkylation sites (tertiary alicyclic amines) is 1. The van der Waals surface area contributed by atoms with Crippen molar-refractivity contribution < 1.29 is 19.4 Å². The number of carbonyl (C=O) groups excluding carboxylic acids is 1. The molecule has 0 saturated carbocycles. The molecule has 1 saturated heterocycles. The van der Waals surface area contributed by atoms with Crippen LogP contribution in [0.5, 0.6) is 0 Å². The third-order valence-corrected chi connectivity index (χ3v) is 3.19. The molecule has 0 radical (unpaired) electrons. The normalized spacial score (nSPS) is 17.1. The number of nitrogens with zero attached hydrogens (tertiary/aromatic N) is 2. The van der Waals surface area contributed by atoms with Crippen LogP contribution in [-0.2, 0) is 9.53 Å². The quantitative estimate of drug-likeness (QED) is 0.853. The molecule has 1 fully saturated rings. The lowest BCUT2D eigenvalue weighted by Crippen LogP contribution is -2.48. The van der Waals surface area contributed by atoms with Gasteiger partial charge in [0.2, 0.25) is 0 Å². The van der Waals surface area contributed by atoms with Gasteiger partial charge in [0.05, 0.1) is 6.10 Å². The highest BCUT2D eigenvalue weighted by molar-refractivity contribution is 5.74. The second-order valence-electron chi connectivity index (χ2n) is 6.59. The van der Waals surface area contributed by atoms with Crippen molar-refractivity contribution in [2.45, 2.75) is 39.7 Å². The molecule has 1 heterocycles. The fraction of sp³-hybridized carbons (Fsp3) is 0.857. The zero-order chi connectivity index (χ0) is 15.3. The Bertz CT molecular complexity index is 344. The average Bonchev–Trinajstić information content (AvgIpc) is 2.34. The monoisotopic (exact) mass is 286 g/mol. The third-order valence-electron chi connectivity index (χ3n) is 3.19. The Morgan fingerprint density at radius 3 is 2.30 bits per heavy atom. The van der Waals surface area contributed by atoms with Crippen LogP contribution in [0.15, 0.2) is 0 Å². The number of aliphatic carboxylic acids is 1. The van der Waals surface area contributed by atoms with Crippen molar-refractivity contribution >= 4 is 12.0 Å². The number of piperidine rings is 1. The summed E-state index contributed by atoms with van der Waals surface area (Å²) in [6.07, 6.45) is 1.34. The molecule has 20 heavy (non-hydrogen) atoms. The summed E-state index contributed by atoms with van der Waals surface area (Å²) in [6.45, 7) is 7.99. The van der Waals surface area contributed by atoms with Gasteiger partial charge in [0.15, 0.2) is 0 Å². The molecule has 0 atom stereocenters. The Morgan fingerprint density at radius 2 is 1.85 bits per heavy atom. The first-order chi connectivity index (χ1) is 9.19. The van der Waals surface area contributed by atoms with Crippen LogP contribution in [-0.4, -0.2) is 66.3 Å². The van der Waals surface area contributed by atoms with Gasteiger partial charge in [0.1, 0.15) is 6.61 Å². The van der Waals surface area contributed by atoms with Crippen LogP contribution in [0.3, 0.4) is 0 Å². The van der Waals surface area contributed by atoms with Crippen LogP contribution < -0.4 is 0 Å². The first-order valence-corrected chi connectivity index (χ1v) is 7.02. The Hall–Kier alpha value is -1.30. The molecule has 0 bridgehead atoms. The Morgan fingerprint density at radius 1 is 1.30 bits per heavy atom. The number of hydrogen-bond donors (Lipinski definition) is 1. The molecular weight excluding hydrogens is 260 g/mol. The molecule has 2 amide bonds. The number of ether oxygens (including phenoxy) is 1. The van der Waals surface area contributed by atoms with E-state index in [0.29, 0.717) is 32.5 Å². The van der Waals surface area contributed by atoms with Gasteiger partial charge in [-0.15, -0.1) is 0 Å². The van der Waals surface area contributed by atoms with Crippen molar-refractivity contribution in [3.05, 3.63) is 0 Å². The predicted octanol–water partition coefficient (Wildman–Crippen LogP) is 1.65. The largest absolute Gasteiger partial charge is 0.480 e. The minimum absolute atomic E-state index is 0.0385. The molecular formula is C14H26N2O4. The van der Waals surface area contributed by atoms with Gasteiger partial charge in [-0.3, -0.25) is 0 Å². The van der Waals surface area contributed by atoms with E-state index in [0.717, 1.165) is 0 Å². The first-order valence-electron chi connectivity index (χ1n) is 7.02. The molecule has 0 aromatic heterocycles. The van der Waals surface area contributed by atoms with Gasteiger partial charge in [-0.25, -0.2) is 9.59 Å². The van der Waals surface area contributed by atoms with Crippen LogP contribution in [0, 0.1) is 5.41 Å². The molecule has 6 heteroatoms. The SMILES string of the molecule is CN(CC(C)(C)C)C(=O)N1CCC(OCC(=O)O)CC1. The number of amides is 2. The Balaban J connectivity index is 2.37. The molecule has 0 aromatic rings. The van der Waals surface area contributed by atoms with Gasteiger partial charge in [-0.1, -0.05) is 20.8 Å². The standard InChI is InChI=1S/C14H26N2O4/c1-14(2,3)10-15(4)13(19)16-7-5-11(6-8-16)20-9-12(17)18/h11H,5-10H2,1-4H3,(H,17,18). The number of carbonyl (C=O) groups is 2. The Kier molecular flexibility index (Phi) is 5.80. The number of rotatable bonds is 4. The molecule has 1 aliphatic heterocycles. The van der Waals surface area contributed by atoms with Crippen LogP contribution in [0.2, 0.25) is 0 Å². The molecule has 6 nitrogen and oxygen atoms in total. The highest BCUT2D eigenvalue weighted by Gasteiger charge is 2.27. The van der Waals surface area contributed by atoms with E-state index < -0.39 is 5.97 Å². The fourth-order valence-electron chi connectivity index (χ4n) is 2.42. The molecule has 0 spiro atoms. The molecule has 1 aliphatic rings. The van der Waals surface area contributed by atoms with Crippen LogP contribution >= 0.6 is 0 Å². The maximum atomic E-state index is 12.3. The van der Waals surface area contributed by atoms with Crippen molar-refractivity contribution in [3.8, 4) is 0 Å². The second-order valence-corrected chi connectivity index (χ2v) is 6.59. The van der Waals surface area contributed by atoms with Gasteiger partial charge in [-0.05, 0) is 18.3 Å². The number of urea groups is 1. The van der Waals surface area contributed by atoms with E-state index in [1.165, 1.54) is 0 Å². The molecule has 1 rings (SSSR count). The van der Waals surface area contributed by atoms with Gasteiger partial charge in [-0.2, -0.15) is 0 Å². The fourth-order valence-corrected chi connectivity index (χ4v) is 2.42. The van der Waals surface area contributed by atoms with E-state index in [1.54, 1.807) is 4.90 Å². The zero-order valence-corrected chi connectivity index (χ0v) is 12.9. The highest BCUT2D eigenvalue weighted by Crippen LogP contribution is 2.18. The second kappa shape index (κ2) is 6.92. The molecule has 0 aliphatic carbocycles. The highest BCUT2D eigenvalue weighted by atomic mass is 16.5. The molecule has 0 aromatic carbocycles. The third kappa shape index (κ3) is 5.77. The maximum Gasteiger partial charge on any atom is 0.329 e. The lowest BCUT2D eigenvalue weighted by Gasteiger charge is -2.36. The van der Waals surface area contributed by atoms with E-state index in [1.807, 2.05) is 11.9 Å². The van der Waals surface area contributed by atoms with E-state index in [-0.39, 0.29) is 24.2 Å². The van der Waals surface area contributed by atoms with Crippen LogP contribution in [0.4, 0.5) is 4.79 Å². The van der Waals surface area contributed by atoms with Crippen molar-refractivity contribution in [2.75, 3.05) is 33.3 Å². The molecule has 1 N–H and O–H groups in total. The van der Waals surface area contributed by atoms with Gasteiger partial charge < -0.3 is 19.6 Å². The lowest BCUT2D eigenvalue weighted by atomic mass is 9.96. The van der Waals surface area contributed by atoms with Gasteiger partial charge >= 0.3 is 12.0 Å². The van der Waals surface area contributed by atoms with E-state index in [2.05, 4.69) is 20.8 Å². The smallest absolute Gasteiger partial charge is 0.329 e. The summed E-state index contributed by atoms with van der Waals surface area (Å²) >= 11 is 0. The van der Waals surface area contributed by atoms with Crippen molar-refractivity contribution in [1.29, 1.82) is 0 Å². The van der Waals surface area contributed by atoms with Crippen LogP contribution in [0.25, 0.3) is 0 Å². The van der Waals surface area contributed by atoms with Crippen LogP contribution in [0.1, 0.15) is 33.6 Å². The zero-order valence-electron chi connectivity index (χ0n) is 12.9. The number of hydrogen-bond acceptors (Lipinski definition) is 3. The molecule has 0 unspecified atom stereocenters. The Labute approximate surface area is 120 Å². The van der Waals surface area contributed by atoms with E-state index in [9.17, 15) is 9.59 Å². The summed E-state index contributed by atoms with van der Waals surface area (Å²) < 4.78 is 5.26. The van der Waals surface area contributed by atoms with Crippen molar-refractivity contribution in [1.82, 2.24) is 9.80 Å². The van der Waals surface area contributed by atoms with Gasteiger partial charge in [0, 0.05) is 26.7 Å². The summed E-state index contributed by atoms with van der Waals surface area (Å²) in [5.41, 5.74) is 0.0767. The average molecular weight is 286 g/mol. The lowest BCUT2D eigenvalue weighted by molar-refractivity contribution is -0.145. The van der Waals surface area contributed by atoms with E-state index in [4.69, 9.17) is 9.84 Å². The van der Waals surface area contributed by atoms with Crippen molar-refractivity contribution in [3.63, 3.8) is 0 Å². The summed E-state index contributed by atoms with van der Waals surface area (Å²) in [6, 6.07) is 0.0385. The minimum Gasteiger partial charge on any atom is -0.480 e. The minimum atomic E-state index is -0.951. The van der Waals surface area contributed by atoms with Crippen molar-refractivity contribution in [2.24, 2.45) is 5.41 Å². The number of carboxylic acids is 1. The topological polar surface area (TPSA) is 70.1 Å². The number of carboxylic acid groups (broad SMARTS) is 1. The summed E-state index contributed by atoms with van der Waals surface area (Å²) in [7, 11) is 1.82.